The number of nitrogens with zero attached hydrogens (tertiary/aromatic N) is 1. The molecule has 1 saturated heterocycles. The molecule has 0 spiro atoms. The van der Waals surface area contributed by atoms with E-state index >= 15 is 0 Å². The van der Waals surface area contributed by atoms with Crippen LogP contribution < -0.4 is 5.32 Å². The van der Waals surface area contributed by atoms with Crippen LogP contribution in [0, 0.1) is 11.3 Å². The first kappa shape index (κ1) is 8.51. The normalized spacial score (nSPS) is 20.4. The van der Waals surface area contributed by atoms with Gasteiger partial charge in [-0.3, -0.25) is 0 Å². The Balaban J connectivity index is 2.01. The smallest absolute Gasteiger partial charge is 0.0827 e. The van der Waals surface area contributed by atoms with Crippen molar-refractivity contribution in [3.8, 4) is 6.07 Å². The second-order valence-corrected chi connectivity index (χ2v) is 2.92. The van der Waals surface area contributed by atoms with E-state index in [9.17, 15) is 0 Å². The van der Waals surface area contributed by atoms with E-state index in [1.54, 1.807) is 0 Å². The second kappa shape index (κ2) is 4.32. The lowest BCUT2D eigenvalue weighted by molar-refractivity contribution is -0.0313. The maximum atomic E-state index is 8.30. The van der Waals surface area contributed by atoms with E-state index in [0.29, 0.717) is 12.5 Å². The summed E-state index contributed by atoms with van der Waals surface area (Å²) in [5.74, 6) is 0. The van der Waals surface area contributed by atoms with Crippen LogP contribution in [0.2, 0.25) is 0 Å². The number of rotatable bonds is 4. The van der Waals surface area contributed by atoms with Gasteiger partial charge < -0.3 is 10.1 Å². The van der Waals surface area contributed by atoms with Gasteiger partial charge in [-0.05, 0) is 13.3 Å². The van der Waals surface area contributed by atoms with Crippen molar-refractivity contribution in [2.45, 2.75) is 32.0 Å². The zero-order chi connectivity index (χ0) is 8.10. The number of hydrogen-bond donors (Lipinski definition) is 1. The van der Waals surface area contributed by atoms with Crippen molar-refractivity contribution < 1.29 is 4.74 Å². The van der Waals surface area contributed by atoms with Gasteiger partial charge in [-0.25, -0.2) is 0 Å². The first-order valence-corrected chi connectivity index (χ1v) is 4.06. The summed E-state index contributed by atoms with van der Waals surface area (Å²) in [5.41, 5.74) is 0. The fraction of sp³-hybridized carbons (Fsp3) is 0.875. The van der Waals surface area contributed by atoms with E-state index in [1.807, 2.05) is 6.92 Å². The van der Waals surface area contributed by atoms with Gasteiger partial charge in [0, 0.05) is 19.5 Å². The molecule has 3 nitrogen and oxygen atoms in total. The van der Waals surface area contributed by atoms with Gasteiger partial charge in [0.05, 0.1) is 18.3 Å². The molecule has 11 heavy (non-hydrogen) atoms. The maximum absolute atomic E-state index is 8.30. The molecule has 1 aliphatic rings. The lowest BCUT2D eigenvalue weighted by Gasteiger charge is -2.29. The van der Waals surface area contributed by atoms with Gasteiger partial charge in [-0.1, -0.05) is 0 Å². The van der Waals surface area contributed by atoms with Crippen LogP contribution in [0.25, 0.3) is 0 Å². The topological polar surface area (TPSA) is 45.0 Å². The Morgan fingerprint density at radius 1 is 1.73 bits per heavy atom. The fourth-order valence-electron chi connectivity index (χ4n) is 1.02. The van der Waals surface area contributed by atoms with Gasteiger partial charge in [0.2, 0.25) is 0 Å². The Hall–Kier alpha value is -0.590. The first-order valence-electron chi connectivity index (χ1n) is 4.06. The molecular weight excluding hydrogens is 140 g/mol. The van der Waals surface area contributed by atoms with Crippen LogP contribution in [0.15, 0.2) is 0 Å². The van der Waals surface area contributed by atoms with Crippen molar-refractivity contribution in [3.05, 3.63) is 0 Å². The number of ether oxygens (including phenoxy) is 1. The summed E-state index contributed by atoms with van der Waals surface area (Å²) in [6.07, 6.45) is 2.08. The van der Waals surface area contributed by atoms with Crippen molar-refractivity contribution in [2.75, 3.05) is 13.1 Å². The van der Waals surface area contributed by atoms with E-state index in [2.05, 4.69) is 11.4 Å². The van der Waals surface area contributed by atoms with E-state index in [1.165, 1.54) is 0 Å². The Bertz CT molecular complexity index is 149. The molecule has 1 fully saturated rings. The average Bonchev–Trinajstić information content (AvgIpc) is 1.93. The van der Waals surface area contributed by atoms with E-state index < -0.39 is 0 Å². The Morgan fingerprint density at radius 3 is 2.91 bits per heavy atom. The van der Waals surface area contributed by atoms with E-state index in [0.717, 1.165) is 19.5 Å². The summed E-state index contributed by atoms with van der Waals surface area (Å²) in [6, 6.07) is 2.11. The van der Waals surface area contributed by atoms with Crippen LogP contribution in [0.3, 0.4) is 0 Å². The third-order valence-corrected chi connectivity index (χ3v) is 1.83. The molecule has 0 radical (unpaired) electrons. The third kappa shape index (κ3) is 2.87. The first-order chi connectivity index (χ1) is 5.33. The zero-order valence-corrected chi connectivity index (χ0v) is 6.84. The predicted molar refractivity (Wildman–Crippen MR) is 42.1 cm³/mol. The third-order valence-electron chi connectivity index (χ3n) is 1.83. The standard InChI is InChI=1S/C8H14N2O/c1-7(3-2-4-9)11-8-5-10-6-8/h7-8,10H,2-3,5-6H2,1H3. The summed E-state index contributed by atoms with van der Waals surface area (Å²) in [4.78, 5) is 0. The Labute approximate surface area is 67.3 Å². The molecule has 0 aliphatic carbocycles. The lowest BCUT2D eigenvalue weighted by Crippen LogP contribution is -2.49. The molecule has 0 saturated carbocycles. The monoisotopic (exact) mass is 154 g/mol. The second-order valence-electron chi connectivity index (χ2n) is 2.92. The van der Waals surface area contributed by atoms with Crippen LogP contribution in [-0.4, -0.2) is 25.3 Å². The molecule has 1 rings (SSSR count). The van der Waals surface area contributed by atoms with Crippen molar-refractivity contribution >= 4 is 0 Å². The van der Waals surface area contributed by atoms with Gasteiger partial charge in [0.25, 0.3) is 0 Å². The quantitative estimate of drug-likeness (QED) is 0.647. The average molecular weight is 154 g/mol. The minimum Gasteiger partial charge on any atom is -0.373 e. The predicted octanol–water partition coefficient (Wildman–Crippen LogP) is 0.667. The minimum atomic E-state index is 0.238. The number of nitriles is 1. The minimum absolute atomic E-state index is 0.238. The molecule has 1 heterocycles. The van der Waals surface area contributed by atoms with Crippen LogP contribution >= 0.6 is 0 Å². The van der Waals surface area contributed by atoms with Crippen molar-refractivity contribution in [2.24, 2.45) is 0 Å². The summed E-state index contributed by atoms with van der Waals surface area (Å²) < 4.78 is 5.57. The summed E-state index contributed by atoms with van der Waals surface area (Å²) >= 11 is 0. The lowest BCUT2D eigenvalue weighted by atomic mass is 10.2. The molecule has 0 amide bonds. The molecule has 0 aromatic carbocycles. The van der Waals surface area contributed by atoms with Gasteiger partial charge in [-0.2, -0.15) is 5.26 Å². The van der Waals surface area contributed by atoms with Gasteiger partial charge in [0.1, 0.15) is 0 Å². The SMILES string of the molecule is CC(CCC#N)OC1CNC1. The molecule has 62 valence electrons. The highest BCUT2D eigenvalue weighted by Gasteiger charge is 2.19. The van der Waals surface area contributed by atoms with E-state index in [4.69, 9.17) is 10.00 Å². The van der Waals surface area contributed by atoms with Crippen molar-refractivity contribution in [1.29, 1.82) is 5.26 Å². The van der Waals surface area contributed by atoms with Crippen molar-refractivity contribution in [3.63, 3.8) is 0 Å². The molecule has 1 N–H and O–H groups in total. The Kier molecular flexibility index (Phi) is 3.34. The van der Waals surface area contributed by atoms with Gasteiger partial charge in [0.15, 0.2) is 0 Å². The molecule has 3 heteroatoms. The zero-order valence-electron chi connectivity index (χ0n) is 6.84. The molecule has 0 aromatic rings. The highest BCUT2D eigenvalue weighted by atomic mass is 16.5. The fourth-order valence-corrected chi connectivity index (χ4v) is 1.02. The molecule has 1 atom stereocenters. The highest BCUT2D eigenvalue weighted by Crippen LogP contribution is 2.07. The summed E-state index contributed by atoms with van der Waals surface area (Å²) in [6.45, 7) is 3.96. The largest absolute Gasteiger partial charge is 0.373 e. The van der Waals surface area contributed by atoms with Crippen LogP contribution in [0.1, 0.15) is 19.8 Å². The molecule has 0 aromatic heterocycles. The number of hydrogen-bond acceptors (Lipinski definition) is 3. The Morgan fingerprint density at radius 2 is 2.45 bits per heavy atom. The van der Waals surface area contributed by atoms with Crippen LogP contribution in [0.4, 0.5) is 0 Å². The maximum Gasteiger partial charge on any atom is 0.0827 e. The number of nitrogens with one attached hydrogen (secondary N) is 1. The molecular formula is C8H14N2O. The molecule has 1 unspecified atom stereocenters. The summed E-state index contributed by atoms with van der Waals surface area (Å²) in [7, 11) is 0. The molecule has 1 aliphatic heterocycles. The van der Waals surface area contributed by atoms with Gasteiger partial charge in [-0.15, -0.1) is 0 Å². The molecule has 0 bridgehead atoms. The highest BCUT2D eigenvalue weighted by molar-refractivity contribution is 4.77. The summed E-state index contributed by atoms with van der Waals surface area (Å²) in [5, 5.41) is 11.4. The van der Waals surface area contributed by atoms with Crippen molar-refractivity contribution in [1.82, 2.24) is 5.32 Å². The van der Waals surface area contributed by atoms with E-state index in [-0.39, 0.29) is 6.10 Å². The van der Waals surface area contributed by atoms with Crippen LogP contribution in [-0.2, 0) is 4.74 Å². The van der Waals surface area contributed by atoms with Gasteiger partial charge >= 0.3 is 0 Å². The van der Waals surface area contributed by atoms with Crippen LogP contribution in [0.5, 0.6) is 0 Å².